The highest BCUT2D eigenvalue weighted by Gasteiger charge is 2.34. The SMILES string of the molecule is Cc1cc(C[C@H](C)N[C@@H]2CCCC2(C)C)n[nH]1. The van der Waals surface area contributed by atoms with Gasteiger partial charge in [-0.25, -0.2) is 0 Å². The molecule has 0 bridgehead atoms. The van der Waals surface area contributed by atoms with Crippen molar-refractivity contribution in [3.8, 4) is 0 Å². The van der Waals surface area contributed by atoms with Crippen LogP contribution in [0.3, 0.4) is 0 Å². The average molecular weight is 235 g/mol. The van der Waals surface area contributed by atoms with E-state index in [9.17, 15) is 0 Å². The van der Waals surface area contributed by atoms with E-state index in [4.69, 9.17) is 0 Å². The zero-order chi connectivity index (χ0) is 12.5. The molecule has 1 fully saturated rings. The normalized spacial score (nSPS) is 25.1. The number of rotatable bonds is 4. The number of nitrogens with zero attached hydrogens (tertiary/aromatic N) is 1. The highest BCUT2D eigenvalue weighted by molar-refractivity contribution is 5.08. The Bertz CT molecular complexity index is 367. The van der Waals surface area contributed by atoms with Crippen LogP contribution in [0.15, 0.2) is 6.07 Å². The van der Waals surface area contributed by atoms with E-state index in [0.29, 0.717) is 17.5 Å². The third kappa shape index (κ3) is 3.09. The van der Waals surface area contributed by atoms with Gasteiger partial charge in [0, 0.05) is 24.2 Å². The highest BCUT2D eigenvalue weighted by atomic mass is 15.1. The second kappa shape index (κ2) is 4.81. The van der Waals surface area contributed by atoms with Gasteiger partial charge < -0.3 is 5.32 Å². The molecule has 0 aromatic carbocycles. The van der Waals surface area contributed by atoms with Crippen molar-refractivity contribution in [3.63, 3.8) is 0 Å². The smallest absolute Gasteiger partial charge is 0.0640 e. The molecule has 1 heterocycles. The summed E-state index contributed by atoms with van der Waals surface area (Å²) in [5.41, 5.74) is 2.77. The minimum Gasteiger partial charge on any atom is -0.311 e. The lowest BCUT2D eigenvalue weighted by atomic mass is 9.87. The van der Waals surface area contributed by atoms with Crippen LogP contribution in [0.5, 0.6) is 0 Å². The molecule has 3 heteroatoms. The fourth-order valence-electron chi connectivity index (χ4n) is 2.93. The van der Waals surface area contributed by atoms with Gasteiger partial charge in [0.1, 0.15) is 0 Å². The summed E-state index contributed by atoms with van der Waals surface area (Å²) in [5, 5.41) is 11.1. The Morgan fingerprint density at radius 1 is 1.59 bits per heavy atom. The summed E-state index contributed by atoms with van der Waals surface area (Å²) in [5.74, 6) is 0. The molecule has 1 aromatic heterocycles. The Hall–Kier alpha value is -0.830. The van der Waals surface area contributed by atoms with Crippen LogP contribution in [0.4, 0.5) is 0 Å². The maximum Gasteiger partial charge on any atom is 0.0640 e. The zero-order valence-corrected chi connectivity index (χ0v) is 11.5. The van der Waals surface area contributed by atoms with Crippen LogP contribution in [-0.4, -0.2) is 22.3 Å². The molecule has 3 nitrogen and oxygen atoms in total. The van der Waals surface area contributed by atoms with E-state index in [1.807, 2.05) is 0 Å². The van der Waals surface area contributed by atoms with Crippen LogP contribution < -0.4 is 5.32 Å². The van der Waals surface area contributed by atoms with Gasteiger partial charge >= 0.3 is 0 Å². The number of nitrogens with one attached hydrogen (secondary N) is 2. The first-order valence-electron chi connectivity index (χ1n) is 6.74. The third-order valence-electron chi connectivity index (χ3n) is 4.02. The van der Waals surface area contributed by atoms with Crippen LogP contribution >= 0.6 is 0 Å². The molecule has 2 rings (SSSR count). The van der Waals surface area contributed by atoms with Crippen molar-refractivity contribution in [2.75, 3.05) is 0 Å². The van der Waals surface area contributed by atoms with Crippen molar-refractivity contribution in [1.82, 2.24) is 15.5 Å². The van der Waals surface area contributed by atoms with Crippen molar-refractivity contribution in [3.05, 3.63) is 17.5 Å². The minimum absolute atomic E-state index is 0.454. The largest absolute Gasteiger partial charge is 0.311 e. The lowest BCUT2D eigenvalue weighted by molar-refractivity contribution is 0.264. The van der Waals surface area contributed by atoms with Gasteiger partial charge in [-0.3, -0.25) is 5.10 Å². The molecule has 0 saturated heterocycles. The lowest BCUT2D eigenvalue weighted by Gasteiger charge is -2.30. The summed E-state index contributed by atoms with van der Waals surface area (Å²) in [6.07, 6.45) is 5.03. The highest BCUT2D eigenvalue weighted by Crippen LogP contribution is 2.37. The van der Waals surface area contributed by atoms with Crippen molar-refractivity contribution >= 4 is 0 Å². The van der Waals surface area contributed by atoms with E-state index in [-0.39, 0.29) is 0 Å². The van der Waals surface area contributed by atoms with Crippen molar-refractivity contribution in [2.24, 2.45) is 5.41 Å². The van der Waals surface area contributed by atoms with Gasteiger partial charge in [0.2, 0.25) is 0 Å². The molecule has 0 radical (unpaired) electrons. The lowest BCUT2D eigenvalue weighted by Crippen LogP contribution is -2.43. The van der Waals surface area contributed by atoms with Crippen molar-refractivity contribution in [2.45, 2.75) is 65.5 Å². The predicted octanol–water partition coefficient (Wildman–Crippen LogP) is 2.82. The topological polar surface area (TPSA) is 40.7 Å². The van der Waals surface area contributed by atoms with Crippen LogP contribution in [0.2, 0.25) is 0 Å². The fraction of sp³-hybridized carbons (Fsp3) is 0.786. The molecular weight excluding hydrogens is 210 g/mol. The molecule has 0 spiro atoms. The molecule has 0 unspecified atom stereocenters. The molecule has 96 valence electrons. The van der Waals surface area contributed by atoms with E-state index < -0.39 is 0 Å². The van der Waals surface area contributed by atoms with Crippen molar-refractivity contribution < 1.29 is 0 Å². The fourth-order valence-corrected chi connectivity index (χ4v) is 2.93. The summed E-state index contributed by atoms with van der Waals surface area (Å²) in [6, 6.07) is 3.30. The Kier molecular flexibility index (Phi) is 3.57. The Morgan fingerprint density at radius 2 is 2.35 bits per heavy atom. The molecule has 17 heavy (non-hydrogen) atoms. The monoisotopic (exact) mass is 235 g/mol. The van der Waals surface area contributed by atoms with Crippen LogP contribution in [-0.2, 0) is 6.42 Å². The number of H-pyrrole nitrogens is 1. The molecule has 0 amide bonds. The summed E-state index contributed by atoms with van der Waals surface area (Å²) in [4.78, 5) is 0. The molecule has 1 aromatic rings. The van der Waals surface area contributed by atoms with E-state index in [1.165, 1.54) is 25.0 Å². The van der Waals surface area contributed by atoms with Gasteiger partial charge in [-0.1, -0.05) is 20.3 Å². The average Bonchev–Trinajstić information content (AvgIpc) is 2.74. The molecule has 1 aliphatic carbocycles. The summed E-state index contributed by atoms with van der Waals surface area (Å²) >= 11 is 0. The quantitative estimate of drug-likeness (QED) is 0.842. The van der Waals surface area contributed by atoms with Gasteiger partial charge in [0.15, 0.2) is 0 Å². The number of hydrogen-bond acceptors (Lipinski definition) is 2. The second-order valence-corrected chi connectivity index (χ2v) is 6.25. The van der Waals surface area contributed by atoms with Crippen LogP contribution in [0.1, 0.15) is 51.4 Å². The Morgan fingerprint density at radius 3 is 2.88 bits per heavy atom. The number of aromatic nitrogens is 2. The Labute approximate surface area is 104 Å². The molecule has 2 N–H and O–H groups in total. The number of aromatic amines is 1. The maximum atomic E-state index is 4.30. The van der Waals surface area contributed by atoms with Gasteiger partial charge in [0.25, 0.3) is 0 Å². The van der Waals surface area contributed by atoms with E-state index in [0.717, 1.165) is 12.1 Å². The van der Waals surface area contributed by atoms with E-state index in [2.05, 4.69) is 49.3 Å². The second-order valence-electron chi connectivity index (χ2n) is 6.25. The molecular formula is C14H25N3. The maximum absolute atomic E-state index is 4.30. The summed E-state index contributed by atoms with van der Waals surface area (Å²) in [7, 11) is 0. The zero-order valence-electron chi connectivity index (χ0n) is 11.5. The van der Waals surface area contributed by atoms with Gasteiger partial charge in [0.05, 0.1) is 5.69 Å². The van der Waals surface area contributed by atoms with Gasteiger partial charge in [-0.05, 0) is 38.2 Å². The summed E-state index contributed by atoms with van der Waals surface area (Å²) in [6.45, 7) is 9.07. The van der Waals surface area contributed by atoms with Crippen LogP contribution in [0.25, 0.3) is 0 Å². The molecule has 2 atom stereocenters. The first-order valence-corrected chi connectivity index (χ1v) is 6.74. The summed E-state index contributed by atoms with van der Waals surface area (Å²) < 4.78 is 0. The number of hydrogen-bond donors (Lipinski definition) is 2. The third-order valence-corrected chi connectivity index (χ3v) is 4.02. The molecule has 1 aliphatic rings. The minimum atomic E-state index is 0.454. The Balaban J connectivity index is 1.87. The number of aryl methyl sites for hydroxylation is 1. The first kappa shape index (κ1) is 12.6. The van der Waals surface area contributed by atoms with E-state index in [1.54, 1.807) is 0 Å². The standard InChI is InChI=1S/C14H25N3/c1-10(8-12-9-11(2)16-17-12)15-13-6-5-7-14(13,3)4/h9-10,13,15H,5-8H2,1-4H3,(H,16,17)/t10-,13+/m0/s1. The molecule has 1 saturated carbocycles. The van der Waals surface area contributed by atoms with E-state index >= 15 is 0 Å². The van der Waals surface area contributed by atoms with Gasteiger partial charge in [-0.15, -0.1) is 0 Å². The molecule has 0 aliphatic heterocycles. The first-order chi connectivity index (χ1) is 7.97. The predicted molar refractivity (Wildman–Crippen MR) is 71.0 cm³/mol. The van der Waals surface area contributed by atoms with Crippen molar-refractivity contribution in [1.29, 1.82) is 0 Å². The van der Waals surface area contributed by atoms with Crippen LogP contribution in [0, 0.1) is 12.3 Å². The van der Waals surface area contributed by atoms with Gasteiger partial charge in [-0.2, -0.15) is 5.10 Å².